The maximum absolute atomic E-state index is 2.64. The summed E-state index contributed by atoms with van der Waals surface area (Å²) < 4.78 is 0.602. The molecule has 0 aliphatic rings. The van der Waals surface area contributed by atoms with E-state index in [1.807, 2.05) is 0 Å². The van der Waals surface area contributed by atoms with Crippen LogP contribution in [0, 0.1) is 0 Å². The lowest BCUT2D eigenvalue weighted by Crippen LogP contribution is -3.00. The second-order valence-corrected chi connectivity index (χ2v) is 19.0. The first kappa shape index (κ1) is 23.8. The fraction of sp³-hybridized carbons (Fsp3) is 0.167. The first-order valence-electron chi connectivity index (χ1n) is 9.33. The molecule has 28 heavy (non-hydrogen) atoms. The average molecular weight is 628 g/mol. The second kappa shape index (κ2) is 10.5. The summed E-state index contributed by atoms with van der Waals surface area (Å²) in [4.78, 5) is 0. The van der Waals surface area contributed by atoms with E-state index in [2.05, 4.69) is 145 Å². The maximum atomic E-state index is 2.64. The number of benzene rings is 3. The largest absolute Gasteiger partial charge is 1.00 e. The van der Waals surface area contributed by atoms with E-state index < -0.39 is 15.3 Å². The molecule has 0 spiro atoms. The van der Waals surface area contributed by atoms with Gasteiger partial charge >= 0.3 is 0 Å². The van der Waals surface area contributed by atoms with Gasteiger partial charge in [0, 0.05) is 3.55 Å². The number of hydrogen-bond donors (Lipinski definition) is 0. The molecule has 0 fully saturated rings. The van der Waals surface area contributed by atoms with Crippen LogP contribution in [0.4, 0.5) is 0 Å². The SMILES string of the molecule is C[Si](C)(C)C(I)/C=C/[P+](c1ccccc1)(c1ccccc1)c1ccccc1.[I-]. The standard InChI is InChI=1S/C24H27IPSi.HI/c1-27(2,3)24(25)19-20-26(21-13-7-4-8-14-21,22-15-9-5-10-16-22)23-17-11-6-12-18-23;/h4-20,24H,1-3H3;1H/q+1;/p-1/b20-19+;. The fourth-order valence-electron chi connectivity index (χ4n) is 3.19. The summed E-state index contributed by atoms with van der Waals surface area (Å²) >= 11 is 2.64. The molecule has 0 heterocycles. The van der Waals surface area contributed by atoms with Crippen molar-refractivity contribution in [3.8, 4) is 0 Å². The van der Waals surface area contributed by atoms with Crippen LogP contribution in [0.15, 0.2) is 103 Å². The molecule has 0 saturated carbocycles. The minimum absolute atomic E-state index is 0. The van der Waals surface area contributed by atoms with Gasteiger partial charge in [0.25, 0.3) is 0 Å². The molecular weight excluding hydrogens is 601 g/mol. The predicted octanol–water partition coefficient (Wildman–Crippen LogP) is 3.18. The van der Waals surface area contributed by atoms with E-state index in [0.717, 1.165) is 0 Å². The molecule has 0 bridgehead atoms. The molecule has 3 aromatic rings. The number of hydrogen-bond acceptors (Lipinski definition) is 0. The first-order chi connectivity index (χ1) is 12.9. The monoisotopic (exact) mass is 628 g/mol. The quantitative estimate of drug-likeness (QED) is 0.171. The highest BCUT2D eigenvalue weighted by Gasteiger charge is 2.43. The van der Waals surface area contributed by atoms with E-state index in [1.54, 1.807) is 0 Å². The maximum Gasteiger partial charge on any atom is 0.136 e. The van der Waals surface area contributed by atoms with Crippen molar-refractivity contribution in [1.82, 2.24) is 0 Å². The Labute approximate surface area is 202 Å². The number of rotatable bonds is 6. The zero-order valence-corrected chi connectivity index (χ0v) is 22.8. The van der Waals surface area contributed by atoms with Crippen LogP contribution < -0.4 is 39.9 Å². The van der Waals surface area contributed by atoms with Gasteiger partial charge < -0.3 is 24.0 Å². The van der Waals surface area contributed by atoms with Crippen LogP contribution in [0.5, 0.6) is 0 Å². The van der Waals surface area contributed by atoms with Crippen molar-refractivity contribution >= 4 is 53.8 Å². The van der Waals surface area contributed by atoms with E-state index in [4.69, 9.17) is 0 Å². The Bertz CT molecular complexity index is 778. The normalized spacial score (nSPS) is 13.1. The van der Waals surface area contributed by atoms with Gasteiger partial charge in [-0.1, -0.05) is 96.8 Å². The summed E-state index contributed by atoms with van der Waals surface area (Å²) in [5, 5.41) is 4.24. The van der Waals surface area contributed by atoms with Crippen LogP contribution in [0.25, 0.3) is 0 Å². The molecule has 3 rings (SSSR count). The van der Waals surface area contributed by atoms with Crippen molar-refractivity contribution in [1.29, 1.82) is 0 Å². The molecule has 0 nitrogen and oxygen atoms in total. The molecule has 0 aliphatic heterocycles. The Balaban J connectivity index is 0.00000280. The summed E-state index contributed by atoms with van der Waals surface area (Å²) in [5.74, 6) is 2.56. The number of halogens is 2. The molecule has 0 radical (unpaired) electrons. The van der Waals surface area contributed by atoms with Gasteiger partial charge in [0.15, 0.2) is 0 Å². The molecule has 0 saturated heterocycles. The van der Waals surface area contributed by atoms with Crippen molar-refractivity contribution in [3.05, 3.63) is 103 Å². The van der Waals surface area contributed by atoms with E-state index in [1.165, 1.54) is 15.9 Å². The zero-order valence-electron chi connectivity index (χ0n) is 16.6. The Morgan fingerprint density at radius 3 is 1.29 bits per heavy atom. The highest BCUT2D eigenvalue weighted by Crippen LogP contribution is 2.57. The lowest BCUT2D eigenvalue weighted by molar-refractivity contribution is -0.00000543. The average Bonchev–Trinajstić information content (AvgIpc) is 2.70. The number of alkyl halides is 1. The van der Waals surface area contributed by atoms with Gasteiger partial charge in [-0.3, -0.25) is 0 Å². The molecule has 0 aliphatic carbocycles. The third kappa shape index (κ3) is 5.35. The van der Waals surface area contributed by atoms with Crippen LogP contribution in [-0.2, 0) is 0 Å². The Hall–Kier alpha value is -0.493. The van der Waals surface area contributed by atoms with Crippen molar-refractivity contribution in [2.75, 3.05) is 0 Å². The van der Waals surface area contributed by atoms with Gasteiger partial charge in [0.1, 0.15) is 23.2 Å². The third-order valence-corrected chi connectivity index (χ3v) is 16.6. The highest BCUT2D eigenvalue weighted by molar-refractivity contribution is 14.1. The van der Waals surface area contributed by atoms with Crippen molar-refractivity contribution in [3.63, 3.8) is 0 Å². The van der Waals surface area contributed by atoms with Crippen LogP contribution in [0.1, 0.15) is 0 Å². The highest BCUT2D eigenvalue weighted by atomic mass is 127. The lowest BCUT2D eigenvalue weighted by Gasteiger charge is -2.26. The van der Waals surface area contributed by atoms with Crippen molar-refractivity contribution in [2.45, 2.75) is 23.2 Å². The Morgan fingerprint density at radius 2 is 1.00 bits per heavy atom. The van der Waals surface area contributed by atoms with Gasteiger partial charge in [-0.15, -0.1) is 0 Å². The molecule has 3 aromatic carbocycles. The number of allylic oxidation sites excluding steroid dienone is 1. The molecule has 146 valence electrons. The molecular formula is C24H27I2PSi. The summed E-state index contributed by atoms with van der Waals surface area (Å²) in [6.07, 6.45) is 2.49. The summed E-state index contributed by atoms with van der Waals surface area (Å²) in [6.45, 7) is 7.34. The molecule has 1 unspecified atom stereocenters. The van der Waals surface area contributed by atoms with E-state index in [9.17, 15) is 0 Å². The summed E-state index contributed by atoms with van der Waals surface area (Å²) in [6, 6.07) is 33.2. The third-order valence-electron chi connectivity index (χ3n) is 4.80. The molecule has 4 heteroatoms. The second-order valence-electron chi connectivity index (χ2n) is 7.84. The van der Waals surface area contributed by atoms with Gasteiger partial charge in [-0.25, -0.2) is 0 Å². The smallest absolute Gasteiger partial charge is 0.136 e. The Morgan fingerprint density at radius 1 is 0.679 bits per heavy atom. The predicted molar refractivity (Wildman–Crippen MR) is 135 cm³/mol. The first-order valence-corrected chi connectivity index (χ1v) is 16.0. The molecule has 0 N–H and O–H groups in total. The van der Waals surface area contributed by atoms with Crippen LogP contribution >= 0.6 is 29.9 Å². The van der Waals surface area contributed by atoms with E-state index in [0.29, 0.717) is 3.55 Å². The molecule has 0 amide bonds. The molecule has 0 aromatic heterocycles. The van der Waals surface area contributed by atoms with E-state index >= 15 is 0 Å². The zero-order chi connectivity index (χ0) is 19.3. The minimum Gasteiger partial charge on any atom is -1.00 e. The van der Waals surface area contributed by atoms with Gasteiger partial charge in [0.2, 0.25) is 0 Å². The van der Waals surface area contributed by atoms with Gasteiger partial charge in [-0.2, -0.15) is 0 Å². The van der Waals surface area contributed by atoms with Crippen molar-refractivity contribution < 1.29 is 24.0 Å². The fourth-order valence-corrected chi connectivity index (χ4v) is 8.33. The van der Waals surface area contributed by atoms with Gasteiger partial charge in [-0.05, 0) is 42.5 Å². The van der Waals surface area contributed by atoms with Gasteiger partial charge in [0.05, 0.1) is 13.9 Å². The van der Waals surface area contributed by atoms with E-state index in [-0.39, 0.29) is 24.0 Å². The van der Waals surface area contributed by atoms with Crippen LogP contribution in [-0.4, -0.2) is 11.6 Å². The van der Waals surface area contributed by atoms with Crippen LogP contribution in [0.3, 0.4) is 0 Å². The molecule has 1 atom stereocenters. The Kier molecular flexibility index (Phi) is 8.93. The minimum atomic E-state index is -1.84. The summed E-state index contributed by atoms with van der Waals surface area (Å²) in [7, 11) is -3.09. The lowest BCUT2D eigenvalue weighted by atomic mass is 10.4. The topological polar surface area (TPSA) is 0 Å². The van der Waals surface area contributed by atoms with Crippen LogP contribution in [0.2, 0.25) is 19.6 Å². The van der Waals surface area contributed by atoms with Crippen molar-refractivity contribution in [2.24, 2.45) is 0 Å². The summed E-state index contributed by atoms with van der Waals surface area (Å²) in [5.41, 5.74) is 0.